The smallest absolute Gasteiger partial charge is 0.330 e. The first-order valence-electron chi connectivity index (χ1n) is 6.12. The fraction of sp³-hybridized carbons (Fsp3) is 0.538. The highest BCUT2D eigenvalue weighted by Gasteiger charge is 1.93. The number of ether oxygens (including phenoxy) is 1. The molecule has 17 heavy (non-hydrogen) atoms. The second-order valence-corrected chi connectivity index (χ2v) is 3.80. The summed E-state index contributed by atoms with van der Waals surface area (Å²) < 4.78 is 6.86. The maximum absolute atomic E-state index is 11.0. The molecule has 4 nitrogen and oxygen atoms in total. The van der Waals surface area contributed by atoms with Gasteiger partial charge in [-0.05, 0) is 26.2 Å². The first-order chi connectivity index (χ1) is 8.33. The minimum atomic E-state index is -0.245. The van der Waals surface area contributed by atoms with Crippen LogP contribution < -0.4 is 0 Å². The quantitative estimate of drug-likeness (QED) is 0.396. The maximum atomic E-state index is 11.0. The third-order valence-corrected chi connectivity index (χ3v) is 2.39. The second kappa shape index (κ2) is 8.56. The lowest BCUT2D eigenvalue weighted by Gasteiger charge is -2.00. The third-order valence-electron chi connectivity index (χ3n) is 2.39. The van der Waals surface area contributed by atoms with Crippen LogP contribution in [0.2, 0.25) is 0 Å². The SMILES string of the molecule is CCOC(=O)/C=C/CCCCCn1ccnc1. The first kappa shape index (κ1) is 13.5. The van der Waals surface area contributed by atoms with Crippen LogP contribution in [-0.4, -0.2) is 22.1 Å². The summed E-state index contributed by atoms with van der Waals surface area (Å²) in [5.74, 6) is -0.245. The Morgan fingerprint density at radius 2 is 2.29 bits per heavy atom. The van der Waals surface area contributed by atoms with Gasteiger partial charge in [-0.1, -0.05) is 12.5 Å². The van der Waals surface area contributed by atoms with E-state index in [0.717, 1.165) is 32.2 Å². The Morgan fingerprint density at radius 3 is 3.00 bits per heavy atom. The zero-order chi connectivity index (χ0) is 12.3. The number of carbonyl (C=O) groups excluding carboxylic acids is 1. The van der Waals surface area contributed by atoms with E-state index in [1.807, 2.05) is 25.5 Å². The molecule has 0 fully saturated rings. The molecular weight excluding hydrogens is 216 g/mol. The summed E-state index contributed by atoms with van der Waals surface area (Å²) in [5.41, 5.74) is 0. The topological polar surface area (TPSA) is 44.1 Å². The third kappa shape index (κ3) is 6.56. The van der Waals surface area contributed by atoms with Gasteiger partial charge in [0.15, 0.2) is 0 Å². The van der Waals surface area contributed by atoms with Crippen LogP contribution in [0.25, 0.3) is 0 Å². The summed E-state index contributed by atoms with van der Waals surface area (Å²) in [6.07, 6.45) is 13.3. The Morgan fingerprint density at radius 1 is 1.41 bits per heavy atom. The van der Waals surface area contributed by atoms with Gasteiger partial charge in [0, 0.05) is 25.0 Å². The molecule has 94 valence electrons. The van der Waals surface area contributed by atoms with Crippen molar-refractivity contribution in [3.63, 3.8) is 0 Å². The van der Waals surface area contributed by atoms with Gasteiger partial charge in [0.05, 0.1) is 12.9 Å². The Labute approximate surface area is 102 Å². The Bertz CT molecular complexity index is 331. The molecule has 4 heteroatoms. The molecule has 1 aromatic heterocycles. The molecule has 0 aliphatic rings. The number of esters is 1. The van der Waals surface area contributed by atoms with Crippen molar-refractivity contribution in [2.24, 2.45) is 0 Å². The lowest BCUT2D eigenvalue weighted by atomic mass is 10.2. The van der Waals surface area contributed by atoms with E-state index in [2.05, 4.69) is 9.55 Å². The molecule has 0 unspecified atom stereocenters. The minimum absolute atomic E-state index is 0.245. The van der Waals surface area contributed by atoms with Crippen molar-refractivity contribution in [1.29, 1.82) is 0 Å². The molecule has 1 heterocycles. The van der Waals surface area contributed by atoms with Crippen molar-refractivity contribution in [2.75, 3.05) is 6.61 Å². The van der Waals surface area contributed by atoms with Gasteiger partial charge >= 0.3 is 5.97 Å². The van der Waals surface area contributed by atoms with Crippen LogP contribution >= 0.6 is 0 Å². The van der Waals surface area contributed by atoms with Crippen molar-refractivity contribution in [2.45, 2.75) is 39.2 Å². The van der Waals surface area contributed by atoms with Crippen LogP contribution in [-0.2, 0) is 16.1 Å². The first-order valence-corrected chi connectivity index (χ1v) is 6.12. The Kier molecular flexibility index (Phi) is 6.79. The fourth-order valence-corrected chi connectivity index (χ4v) is 1.52. The largest absolute Gasteiger partial charge is 0.463 e. The van der Waals surface area contributed by atoms with Crippen molar-refractivity contribution >= 4 is 5.97 Å². The highest BCUT2D eigenvalue weighted by atomic mass is 16.5. The summed E-state index contributed by atoms with van der Waals surface area (Å²) in [6.45, 7) is 3.26. The number of unbranched alkanes of at least 4 members (excludes halogenated alkanes) is 3. The predicted molar refractivity (Wildman–Crippen MR) is 66.5 cm³/mol. The molecule has 0 aliphatic carbocycles. The number of imidazole rings is 1. The minimum Gasteiger partial charge on any atom is -0.463 e. The van der Waals surface area contributed by atoms with Crippen LogP contribution in [0.15, 0.2) is 30.9 Å². The molecule has 0 saturated carbocycles. The summed E-state index contributed by atoms with van der Waals surface area (Å²) in [7, 11) is 0. The molecule has 0 aromatic carbocycles. The number of aromatic nitrogens is 2. The van der Waals surface area contributed by atoms with E-state index in [1.54, 1.807) is 6.20 Å². The second-order valence-electron chi connectivity index (χ2n) is 3.80. The summed E-state index contributed by atoms with van der Waals surface area (Å²) >= 11 is 0. The van der Waals surface area contributed by atoms with Crippen LogP contribution in [0.3, 0.4) is 0 Å². The molecule has 0 radical (unpaired) electrons. The summed E-state index contributed by atoms with van der Waals surface area (Å²) in [5, 5.41) is 0. The zero-order valence-electron chi connectivity index (χ0n) is 10.3. The highest BCUT2D eigenvalue weighted by molar-refractivity contribution is 5.81. The molecule has 0 N–H and O–H groups in total. The number of hydrogen-bond acceptors (Lipinski definition) is 3. The van der Waals surface area contributed by atoms with Crippen molar-refractivity contribution in [3.05, 3.63) is 30.9 Å². The van der Waals surface area contributed by atoms with Gasteiger partial charge in [-0.3, -0.25) is 0 Å². The van der Waals surface area contributed by atoms with Crippen LogP contribution in [0.4, 0.5) is 0 Å². The lowest BCUT2D eigenvalue weighted by Crippen LogP contribution is -1.98. The van der Waals surface area contributed by atoms with E-state index in [9.17, 15) is 4.79 Å². The van der Waals surface area contributed by atoms with E-state index < -0.39 is 0 Å². The van der Waals surface area contributed by atoms with Gasteiger partial charge in [0.1, 0.15) is 0 Å². The normalized spacial score (nSPS) is 10.9. The van der Waals surface area contributed by atoms with Crippen molar-refractivity contribution in [1.82, 2.24) is 9.55 Å². The summed E-state index contributed by atoms with van der Waals surface area (Å²) in [6, 6.07) is 0. The van der Waals surface area contributed by atoms with Gasteiger partial charge in [0.2, 0.25) is 0 Å². The van der Waals surface area contributed by atoms with E-state index in [1.165, 1.54) is 6.08 Å². The maximum Gasteiger partial charge on any atom is 0.330 e. The number of aryl methyl sites for hydroxylation is 1. The van der Waals surface area contributed by atoms with E-state index in [4.69, 9.17) is 4.74 Å². The van der Waals surface area contributed by atoms with Crippen molar-refractivity contribution in [3.8, 4) is 0 Å². The zero-order valence-corrected chi connectivity index (χ0v) is 10.3. The predicted octanol–water partition coefficient (Wildman–Crippen LogP) is 2.56. The molecule has 0 saturated heterocycles. The standard InChI is InChI=1S/C13H20N2O2/c1-2-17-13(16)8-6-4-3-5-7-10-15-11-9-14-12-15/h6,8-9,11-12H,2-5,7,10H2,1H3/b8-6+. The summed E-state index contributed by atoms with van der Waals surface area (Å²) in [4.78, 5) is 15.0. The number of allylic oxidation sites excluding steroid dienone is 1. The van der Waals surface area contributed by atoms with E-state index in [0.29, 0.717) is 6.61 Å². The monoisotopic (exact) mass is 236 g/mol. The van der Waals surface area contributed by atoms with Crippen LogP contribution in [0, 0.1) is 0 Å². The Balaban J connectivity index is 1.96. The van der Waals surface area contributed by atoms with Crippen LogP contribution in [0.5, 0.6) is 0 Å². The molecule has 0 spiro atoms. The van der Waals surface area contributed by atoms with E-state index >= 15 is 0 Å². The lowest BCUT2D eigenvalue weighted by molar-refractivity contribution is -0.137. The van der Waals surface area contributed by atoms with Gasteiger partial charge < -0.3 is 9.30 Å². The number of hydrogen-bond donors (Lipinski definition) is 0. The van der Waals surface area contributed by atoms with Crippen molar-refractivity contribution < 1.29 is 9.53 Å². The molecule has 1 aromatic rings. The van der Waals surface area contributed by atoms with Gasteiger partial charge in [-0.15, -0.1) is 0 Å². The van der Waals surface area contributed by atoms with Gasteiger partial charge in [-0.2, -0.15) is 0 Å². The number of nitrogens with zero attached hydrogens (tertiary/aromatic N) is 2. The van der Waals surface area contributed by atoms with Crippen LogP contribution in [0.1, 0.15) is 32.6 Å². The number of carbonyl (C=O) groups is 1. The van der Waals surface area contributed by atoms with E-state index in [-0.39, 0.29) is 5.97 Å². The molecule has 0 aliphatic heterocycles. The van der Waals surface area contributed by atoms with Gasteiger partial charge in [0.25, 0.3) is 0 Å². The fourth-order valence-electron chi connectivity index (χ4n) is 1.52. The molecule has 0 amide bonds. The highest BCUT2D eigenvalue weighted by Crippen LogP contribution is 2.03. The number of rotatable bonds is 8. The molecule has 0 bridgehead atoms. The Hall–Kier alpha value is -1.58. The molecular formula is C13H20N2O2. The molecule has 0 atom stereocenters. The average molecular weight is 236 g/mol. The molecule has 1 rings (SSSR count). The van der Waals surface area contributed by atoms with Gasteiger partial charge in [-0.25, -0.2) is 9.78 Å². The average Bonchev–Trinajstić information content (AvgIpc) is 2.81.